The summed E-state index contributed by atoms with van der Waals surface area (Å²) in [5, 5.41) is 8.03. The van der Waals surface area contributed by atoms with E-state index in [1.807, 2.05) is 12.1 Å². The van der Waals surface area contributed by atoms with Crippen LogP contribution in [0.1, 0.15) is 46.9 Å². The van der Waals surface area contributed by atoms with Crippen LogP contribution in [0.5, 0.6) is 5.75 Å². The van der Waals surface area contributed by atoms with Gasteiger partial charge >= 0.3 is 0 Å². The van der Waals surface area contributed by atoms with Crippen molar-refractivity contribution in [1.82, 2.24) is 20.5 Å². The number of aliphatic imine (C=N–C) groups is 1. The summed E-state index contributed by atoms with van der Waals surface area (Å²) in [5.41, 5.74) is 2.45. The molecule has 3 rings (SSSR count). The Bertz CT molecular complexity index is 812. The van der Waals surface area contributed by atoms with Crippen molar-refractivity contribution in [3.8, 4) is 5.75 Å². The molecule has 1 unspecified atom stereocenters. The van der Waals surface area contributed by atoms with Crippen LogP contribution in [0, 0.1) is 13.8 Å². The Kier molecular flexibility index (Phi) is 8.51. The smallest absolute Gasteiger partial charge is 0.191 e. The summed E-state index contributed by atoms with van der Waals surface area (Å²) in [7, 11) is 1.71. The topological polar surface area (TPSA) is 61.8 Å². The fraction of sp³-hybridized carbons (Fsp3) is 0.565. The highest BCUT2D eigenvalue weighted by Gasteiger charge is 2.23. The predicted octanol–water partition coefficient (Wildman–Crippen LogP) is 3.70. The molecule has 0 aliphatic carbocycles. The van der Waals surface area contributed by atoms with Crippen molar-refractivity contribution < 1.29 is 4.74 Å². The molecular formula is C23H35N5OS. The molecule has 2 aromatic rings. The highest BCUT2D eigenvalue weighted by atomic mass is 32.1. The normalized spacial score (nSPS) is 15.9. The third-order valence-electron chi connectivity index (χ3n) is 5.49. The number of hydrogen-bond donors (Lipinski definition) is 2. The first kappa shape index (κ1) is 22.6. The van der Waals surface area contributed by atoms with Crippen molar-refractivity contribution in [2.75, 3.05) is 39.8 Å². The van der Waals surface area contributed by atoms with E-state index in [0.29, 0.717) is 6.04 Å². The van der Waals surface area contributed by atoms with E-state index in [4.69, 9.17) is 9.73 Å². The highest BCUT2D eigenvalue weighted by Crippen LogP contribution is 2.27. The second kappa shape index (κ2) is 11.3. The van der Waals surface area contributed by atoms with E-state index in [2.05, 4.69) is 53.4 Å². The number of guanidine groups is 1. The van der Waals surface area contributed by atoms with Crippen LogP contribution in [0.2, 0.25) is 0 Å². The van der Waals surface area contributed by atoms with Crippen LogP contribution in [0.25, 0.3) is 0 Å². The Morgan fingerprint density at radius 3 is 2.53 bits per heavy atom. The summed E-state index contributed by atoms with van der Waals surface area (Å²) in [5.74, 6) is 1.78. The van der Waals surface area contributed by atoms with E-state index in [1.54, 1.807) is 18.4 Å². The molecule has 1 atom stereocenters. The zero-order chi connectivity index (χ0) is 21.3. The Balaban J connectivity index is 1.65. The third kappa shape index (κ3) is 6.19. The molecular weight excluding hydrogens is 394 g/mol. The number of likely N-dealkylation sites (tertiary alicyclic amines) is 1. The van der Waals surface area contributed by atoms with Crippen LogP contribution in [0.4, 0.5) is 0 Å². The lowest BCUT2D eigenvalue weighted by molar-refractivity contribution is 0.251. The SMILES string of the molecule is CCNC(=NCC(c1ccc(OC)cc1)N1CCCC1)NCCc1sc(C)nc1C. The van der Waals surface area contributed by atoms with E-state index in [1.165, 1.54) is 23.3 Å². The Labute approximate surface area is 184 Å². The molecule has 1 aromatic heterocycles. The third-order valence-corrected chi connectivity index (χ3v) is 6.63. The maximum absolute atomic E-state index is 5.33. The Morgan fingerprint density at radius 1 is 1.20 bits per heavy atom. The molecule has 7 heteroatoms. The standard InChI is InChI=1S/C23H35N5OS/c1-5-24-23(25-13-12-22-17(2)27-18(3)30-22)26-16-21(28-14-6-7-15-28)19-8-10-20(29-4)11-9-19/h8-11,21H,5-7,12-16H2,1-4H3,(H2,24,25,26). The van der Waals surface area contributed by atoms with Gasteiger partial charge in [0.25, 0.3) is 0 Å². The van der Waals surface area contributed by atoms with Crippen LogP contribution < -0.4 is 15.4 Å². The average molecular weight is 430 g/mol. The van der Waals surface area contributed by atoms with E-state index < -0.39 is 0 Å². The first-order chi connectivity index (χ1) is 14.6. The molecule has 0 saturated carbocycles. The molecule has 0 radical (unpaired) electrons. The summed E-state index contributed by atoms with van der Waals surface area (Å²) in [4.78, 5) is 13.4. The summed E-state index contributed by atoms with van der Waals surface area (Å²) in [6.07, 6.45) is 3.50. The van der Waals surface area contributed by atoms with Crippen molar-refractivity contribution >= 4 is 17.3 Å². The lowest BCUT2D eigenvalue weighted by Crippen LogP contribution is -2.39. The molecule has 6 nitrogen and oxygen atoms in total. The van der Waals surface area contributed by atoms with E-state index in [9.17, 15) is 0 Å². The Morgan fingerprint density at radius 2 is 1.93 bits per heavy atom. The number of nitrogens with zero attached hydrogens (tertiary/aromatic N) is 3. The molecule has 1 aliphatic rings. The van der Waals surface area contributed by atoms with Crippen LogP contribution in [-0.2, 0) is 6.42 Å². The second-order valence-electron chi connectivity index (χ2n) is 7.67. The predicted molar refractivity (Wildman–Crippen MR) is 126 cm³/mol. The lowest BCUT2D eigenvalue weighted by Gasteiger charge is -2.27. The van der Waals surface area contributed by atoms with Crippen LogP contribution in [-0.4, -0.2) is 55.7 Å². The monoisotopic (exact) mass is 429 g/mol. The number of hydrogen-bond acceptors (Lipinski definition) is 5. The minimum Gasteiger partial charge on any atom is -0.497 e. The number of nitrogens with one attached hydrogen (secondary N) is 2. The molecule has 1 fully saturated rings. The van der Waals surface area contributed by atoms with Crippen molar-refractivity contribution in [2.24, 2.45) is 4.99 Å². The van der Waals surface area contributed by atoms with E-state index in [-0.39, 0.29) is 0 Å². The van der Waals surface area contributed by atoms with Gasteiger partial charge in [0, 0.05) is 24.4 Å². The minimum atomic E-state index is 0.292. The van der Waals surface area contributed by atoms with Gasteiger partial charge in [-0.05, 0) is 64.4 Å². The second-order valence-corrected chi connectivity index (χ2v) is 8.96. The molecule has 1 saturated heterocycles. The van der Waals surface area contributed by atoms with E-state index in [0.717, 1.165) is 61.6 Å². The molecule has 2 N–H and O–H groups in total. The summed E-state index contributed by atoms with van der Waals surface area (Å²) in [6, 6.07) is 8.73. The minimum absolute atomic E-state index is 0.292. The molecule has 2 heterocycles. The number of benzene rings is 1. The van der Waals surface area contributed by atoms with Gasteiger partial charge in [0.05, 0.1) is 30.4 Å². The quantitative estimate of drug-likeness (QED) is 0.470. The van der Waals surface area contributed by atoms with Crippen molar-refractivity contribution in [1.29, 1.82) is 0 Å². The van der Waals surface area contributed by atoms with Gasteiger partial charge in [-0.1, -0.05) is 12.1 Å². The first-order valence-corrected chi connectivity index (χ1v) is 11.8. The average Bonchev–Trinajstić information content (AvgIpc) is 3.38. The van der Waals surface area contributed by atoms with Gasteiger partial charge in [-0.3, -0.25) is 9.89 Å². The fourth-order valence-electron chi connectivity index (χ4n) is 3.93. The number of ether oxygens (including phenoxy) is 1. The number of aromatic nitrogens is 1. The van der Waals surface area contributed by atoms with Gasteiger partial charge in [-0.25, -0.2) is 4.98 Å². The molecule has 164 valence electrons. The largest absolute Gasteiger partial charge is 0.497 e. The molecule has 30 heavy (non-hydrogen) atoms. The van der Waals surface area contributed by atoms with E-state index >= 15 is 0 Å². The van der Waals surface area contributed by atoms with Crippen molar-refractivity contribution in [3.63, 3.8) is 0 Å². The molecule has 0 spiro atoms. The molecule has 0 bridgehead atoms. The van der Waals surface area contributed by atoms with Gasteiger partial charge in [0.15, 0.2) is 5.96 Å². The van der Waals surface area contributed by atoms with Gasteiger partial charge in [-0.2, -0.15) is 0 Å². The molecule has 1 aliphatic heterocycles. The van der Waals surface area contributed by atoms with Gasteiger partial charge in [0.2, 0.25) is 0 Å². The van der Waals surface area contributed by atoms with Crippen molar-refractivity contribution in [3.05, 3.63) is 45.4 Å². The summed E-state index contributed by atoms with van der Waals surface area (Å²) >= 11 is 1.79. The van der Waals surface area contributed by atoms with Crippen molar-refractivity contribution in [2.45, 2.75) is 46.1 Å². The fourth-order valence-corrected chi connectivity index (χ4v) is 4.87. The number of aryl methyl sites for hydroxylation is 2. The highest BCUT2D eigenvalue weighted by molar-refractivity contribution is 7.11. The van der Waals surface area contributed by atoms with Gasteiger partial charge in [0.1, 0.15) is 5.75 Å². The first-order valence-electron chi connectivity index (χ1n) is 10.9. The van der Waals surface area contributed by atoms with Crippen LogP contribution in [0.15, 0.2) is 29.3 Å². The summed E-state index contributed by atoms with van der Waals surface area (Å²) in [6.45, 7) is 11.0. The summed E-state index contributed by atoms with van der Waals surface area (Å²) < 4.78 is 5.33. The number of rotatable bonds is 9. The Hall–Kier alpha value is -2.12. The maximum atomic E-state index is 5.33. The lowest BCUT2D eigenvalue weighted by atomic mass is 10.1. The maximum Gasteiger partial charge on any atom is 0.191 e. The molecule has 1 aromatic carbocycles. The van der Waals surface area contributed by atoms with Gasteiger partial charge < -0.3 is 15.4 Å². The zero-order valence-corrected chi connectivity index (χ0v) is 19.5. The number of methoxy groups -OCH3 is 1. The van der Waals surface area contributed by atoms with Crippen LogP contribution >= 0.6 is 11.3 Å². The molecule has 0 amide bonds. The zero-order valence-electron chi connectivity index (χ0n) is 18.7. The van der Waals surface area contributed by atoms with Crippen LogP contribution in [0.3, 0.4) is 0 Å². The number of thiazole rings is 1. The van der Waals surface area contributed by atoms with Gasteiger partial charge in [-0.15, -0.1) is 11.3 Å².